The summed E-state index contributed by atoms with van der Waals surface area (Å²) in [5.74, 6) is -0.690. The lowest BCUT2D eigenvalue weighted by Crippen LogP contribution is -2.55. The number of anilines is 3. The molecule has 0 aliphatic carbocycles. The van der Waals surface area contributed by atoms with Crippen LogP contribution in [-0.2, 0) is 6.18 Å². The predicted molar refractivity (Wildman–Crippen MR) is 154 cm³/mol. The molecule has 43 heavy (non-hydrogen) atoms. The van der Waals surface area contributed by atoms with Gasteiger partial charge in [-0.2, -0.15) is 13.2 Å². The highest BCUT2D eigenvalue weighted by Crippen LogP contribution is 2.37. The van der Waals surface area contributed by atoms with Crippen LogP contribution in [0.5, 0.6) is 5.88 Å². The highest BCUT2D eigenvalue weighted by atomic mass is 19.4. The maximum absolute atomic E-state index is 15.8. The highest BCUT2D eigenvalue weighted by molar-refractivity contribution is 6.07. The van der Waals surface area contributed by atoms with Gasteiger partial charge in [-0.15, -0.1) is 0 Å². The van der Waals surface area contributed by atoms with Crippen molar-refractivity contribution in [1.29, 1.82) is 0 Å². The van der Waals surface area contributed by atoms with Gasteiger partial charge < -0.3 is 24.8 Å². The van der Waals surface area contributed by atoms with E-state index in [0.717, 1.165) is 6.20 Å². The predicted octanol–water partition coefficient (Wildman–Crippen LogP) is 4.02. The van der Waals surface area contributed by atoms with Crippen LogP contribution in [0.2, 0.25) is 0 Å². The molecule has 14 heteroatoms. The number of H-pyrrole nitrogens is 1. The van der Waals surface area contributed by atoms with E-state index in [2.05, 4.69) is 25.2 Å². The number of amides is 1. The lowest BCUT2D eigenvalue weighted by molar-refractivity contribution is -0.138. The number of piperazine rings is 1. The Morgan fingerprint density at radius 2 is 1.81 bits per heavy atom. The fraction of sp³-hybridized carbons (Fsp3) is 0.379. The van der Waals surface area contributed by atoms with Gasteiger partial charge in [0.1, 0.15) is 18.0 Å². The van der Waals surface area contributed by atoms with Crippen LogP contribution >= 0.6 is 0 Å². The van der Waals surface area contributed by atoms with Crippen molar-refractivity contribution in [3.05, 3.63) is 75.7 Å². The number of nitrogens with zero attached hydrogens (tertiary/aromatic N) is 5. The Labute approximate surface area is 245 Å². The standard InChI is InChI=1S/C29H31F4N7O3/c1-16-12-40(13-17(2)38(16)3)24-9-22(30)19(18-5-6-39(14-18)25-10-27(43-4)36-15-35-25)7-23(24)37-28(42)20-11-34-26(41)8-21(20)29(31,32)33/h5,7-11,15-17H,6,12-14H2,1-4H3,(H,34,41)(H,37,42). The number of aromatic amines is 1. The maximum atomic E-state index is 15.8. The Morgan fingerprint density at radius 1 is 1.09 bits per heavy atom. The summed E-state index contributed by atoms with van der Waals surface area (Å²) in [5.41, 5.74) is -1.83. The molecule has 4 heterocycles. The molecule has 0 saturated carbocycles. The molecule has 228 valence electrons. The van der Waals surface area contributed by atoms with Crippen LogP contribution in [0.3, 0.4) is 0 Å². The summed E-state index contributed by atoms with van der Waals surface area (Å²) in [4.78, 5) is 41.3. The molecule has 1 fully saturated rings. The first-order valence-electron chi connectivity index (χ1n) is 13.6. The normalized spacial score (nSPS) is 19.4. The summed E-state index contributed by atoms with van der Waals surface area (Å²) in [7, 11) is 3.47. The van der Waals surface area contributed by atoms with E-state index >= 15 is 4.39 Å². The molecule has 2 N–H and O–H groups in total. The average Bonchev–Trinajstić information content (AvgIpc) is 3.46. The first-order valence-corrected chi connectivity index (χ1v) is 13.6. The van der Waals surface area contributed by atoms with E-state index in [1.165, 1.54) is 25.6 Å². The molecule has 0 bridgehead atoms. The van der Waals surface area contributed by atoms with E-state index in [4.69, 9.17) is 4.74 Å². The van der Waals surface area contributed by atoms with Gasteiger partial charge in [-0.3, -0.25) is 14.5 Å². The first kappa shape index (κ1) is 30.0. The van der Waals surface area contributed by atoms with Gasteiger partial charge in [0.15, 0.2) is 0 Å². The summed E-state index contributed by atoms with van der Waals surface area (Å²) < 4.78 is 62.2. The number of hydrogen-bond donors (Lipinski definition) is 2. The maximum Gasteiger partial charge on any atom is 0.417 e. The number of rotatable bonds is 6. The number of benzene rings is 1. The summed E-state index contributed by atoms with van der Waals surface area (Å²) in [6, 6.07) is 4.93. The smallest absolute Gasteiger partial charge is 0.417 e. The molecule has 2 aliphatic heterocycles. The lowest BCUT2D eigenvalue weighted by Gasteiger charge is -2.44. The zero-order valence-electron chi connectivity index (χ0n) is 24.0. The minimum absolute atomic E-state index is 0.0852. The summed E-state index contributed by atoms with van der Waals surface area (Å²) in [6.07, 6.45) is -1.03. The number of alkyl halides is 3. The number of nitrogens with one attached hydrogen (secondary N) is 2. The first-order chi connectivity index (χ1) is 20.3. The average molecular weight is 602 g/mol. The highest BCUT2D eigenvalue weighted by Gasteiger charge is 2.36. The number of hydrogen-bond acceptors (Lipinski definition) is 8. The van der Waals surface area contributed by atoms with Crippen LogP contribution < -0.4 is 25.4 Å². The van der Waals surface area contributed by atoms with Crippen molar-refractivity contribution in [3.63, 3.8) is 0 Å². The van der Waals surface area contributed by atoms with E-state index in [-0.39, 0.29) is 29.9 Å². The Kier molecular flexibility index (Phi) is 8.14. The van der Waals surface area contributed by atoms with E-state index in [1.807, 2.05) is 36.8 Å². The molecule has 10 nitrogen and oxygen atoms in total. The van der Waals surface area contributed by atoms with Crippen LogP contribution in [0.15, 0.2) is 47.7 Å². The molecule has 2 unspecified atom stereocenters. The fourth-order valence-corrected chi connectivity index (χ4v) is 5.39. The lowest BCUT2D eigenvalue weighted by atomic mass is 10.0. The Bertz CT molecular complexity index is 1610. The molecule has 1 saturated heterocycles. The number of likely N-dealkylation sites (N-methyl/N-ethyl adjacent to an activating group) is 1. The van der Waals surface area contributed by atoms with Crippen LogP contribution in [0, 0.1) is 5.82 Å². The van der Waals surface area contributed by atoms with E-state index in [9.17, 15) is 22.8 Å². The molecule has 0 radical (unpaired) electrons. The van der Waals surface area contributed by atoms with E-state index < -0.39 is 34.6 Å². The molecular weight excluding hydrogens is 570 g/mol. The molecule has 0 spiro atoms. The van der Waals surface area contributed by atoms with Crippen molar-refractivity contribution in [2.24, 2.45) is 0 Å². The van der Waals surface area contributed by atoms with E-state index in [0.29, 0.717) is 48.7 Å². The Hall–Kier alpha value is -4.46. The number of carbonyl (C=O) groups excluding carboxylic acids is 1. The van der Waals surface area contributed by atoms with Gasteiger partial charge in [-0.05, 0) is 38.6 Å². The number of aromatic nitrogens is 3. The van der Waals surface area contributed by atoms with E-state index in [1.54, 1.807) is 6.07 Å². The molecule has 5 rings (SSSR count). The van der Waals surface area contributed by atoms with Crippen molar-refractivity contribution in [3.8, 4) is 5.88 Å². The number of methoxy groups -OCH3 is 1. The summed E-state index contributed by atoms with van der Waals surface area (Å²) >= 11 is 0. The summed E-state index contributed by atoms with van der Waals surface area (Å²) in [6.45, 7) is 5.73. The van der Waals surface area contributed by atoms with Crippen molar-refractivity contribution in [2.45, 2.75) is 32.1 Å². The second-order valence-corrected chi connectivity index (χ2v) is 10.7. The van der Waals surface area contributed by atoms with Gasteiger partial charge in [0.25, 0.3) is 5.91 Å². The van der Waals surface area contributed by atoms with Gasteiger partial charge >= 0.3 is 6.18 Å². The quantitative estimate of drug-likeness (QED) is 0.409. The van der Waals surface area contributed by atoms with Crippen LogP contribution in [0.1, 0.15) is 35.3 Å². The third-order valence-electron chi connectivity index (χ3n) is 7.93. The molecule has 1 aromatic carbocycles. The topological polar surface area (TPSA) is 107 Å². The van der Waals surface area contributed by atoms with Crippen molar-refractivity contribution in [2.75, 3.05) is 55.5 Å². The molecular formula is C29H31F4N7O3. The zero-order chi connectivity index (χ0) is 31.1. The van der Waals surface area contributed by atoms with Gasteiger partial charge in [-0.25, -0.2) is 14.4 Å². The second kappa shape index (κ2) is 11.7. The molecule has 1 amide bonds. The number of carbonyl (C=O) groups is 1. The molecule has 3 aromatic rings. The van der Waals surface area contributed by atoms with Crippen LogP contribution in [0.4, 0.5) is 34.8 Å². The largest absolute Gasteiger partial charge is 0.481 e. The Balaban J connectivity index is 1.52. The minimum Gasteiger partial charge on any atom is -0.481 e. The number of halogens is 4. The SMILES string of the molecule is COc1cc(N2CC=C(c3cc(NC(=O)c4c[nH]c(=O)cc4C(F)(F)F)c(N4CC(C)N(C)C(C)C4)cc3F)C2)ncn1. The zero-order valence-corrected chi connectivity index (χ0v) is 24.0. The van der Waals surface area contributed by atoms with Crippen molar-refractivity contribution < 1.29 is 27.1 Å². The molecule has 2 aromatic heterocycles. The van der Waals surface area contributed by atoms with Crippen LogP contribution in [-0.4, -0.2) is 78.2 Å². The monoisotopic (exact) mass is 601 g/mol. The third kappa shape index (κ3) is 6.19. The Morgan fingerprint density at radius 3 is 2.49 bits per heavy atom. The van der Waals surface area contributed by atoms with Crippen molar-refractivity contribution in [1.82, 2.24) is 19.9 Å². The summed E-state index contributed by atoms with van der Waals surface area (Å²) in [5, 5.41) is 2.59. The second-order valence-electron chi connectivity index (χ2n) is 10.7. The molecule has 2 atom stereocenters. The van der Waals surface area contributed by atoms with Gasteiger partial charge in [-0.1, -0.05) is 6.08 Å². The van der Waals surface area contributed by atoms with Crippen molar-refractivity contribution >= 4 is 28.7 Å². The van der Waals surface area contributed by atoms with Crippen LogP contribution in [0.25, 0.3) is 5.57 Å². The van der Waals surface area contributed by atoms with Gasteiger partial charge in [0.2, 0.25) is 11.4 Å². The van der Waals surface area contributed by atoms with Gasteiger partial charge in [0, 0.05) is 62.2 Å². The number of ether oxygens (including phenoxy) is 1. The van der Waals surface area contributed by atoms with Gasteiger partial charge in [0.05, 0.1) is 29.6 Å². The minimum atomic E-state index is -4.94. The third-order valence-corrected chi connectivity index (χ3v) is 7.93. The fourth-order valence-electron chi connectivity index (χ4n) is 5.39. The number of pyridine rings is 1. The molecule has 2 aliphatic rings.